The first-order chi connectivity index (χ1) is 13.2. The number of nitrogen functional groups attached to an aromatic ring is 1. The van der Waals surface area contributed by atoms with Gasteiger partial charge in [0.1, 0.15) is 5.82 Å². The van der Waals surface area contributed by atoms with E-state index in [-0.39, 0.29) is 0 Å². The van der Waals surface area contributed by atoms with Crippen molar-refractivity contribution in [1.82, 2.24) is 25.4 Å². The van der Waals surface area contributed by atoms with Crippen LogP contribution in [-0.2, 0) is 6.42 Å². The van der Waals surface area contributed by atoms with E-state index in [1.807, 2.05) is 13.0 Å². The van der Waals surface area contributed by atoms with Crippen LogP contribution in [0.4, 0.5) is 11.8 Å². The number of hydrogen-bond donors (Lipinski definition) is 2. The van der Waals surface area contributed by atoms with Gasteiger partial charge in [-0.05, 0) is 32.6 Å². The molecule has 1 aliphatic heterocycles. The molecule has 0 bridgehead atoms. The molecule has 2 fully saturated rings. The first kappa shape index (κ1) is 18.2. The molecule has 3 heterocycles. The summed E-state index contributed by atoms with van der Waals surface area (Å²) in [6, 6.07) is 2.52. The van der Waals surface area contributed by atoms with Crippen molar-refractivity contribution in [2.24, 2.45) is 0 Å². The normalized spacial score (nSPS) is 19.1. The van der Waals surface area contributed by atoms with Gasteiger partial charge < -0.3 is 20.5 Å². The molecule has 2 aromatic heterocycles. The van der Waals surface area contributed by atoms with Gasteiger partial charge in [0.05, 0.1) is 0 Å². The van der Waals surface area contributed by atoms with E-state index in [2.05, 4.69) is 30.3 Å². The lowest BCUT2D eigenvalue weighted by atomic mass is 10.0. The van der Waals surface area contributed by atoms with Gasteiger partial charge in [0.25, 0.3) is 0 Å². The Balaban J connectivity index is 1.20. The predicted molar refractivity (Wildman–Crippen MR) is 104 cm³/mol. The number of aryl methyl sites for hydroxylation is 1. The van der Waals surface area contributed by atoms with Gasteiger partial charge >= 0.3 is 0 Å². The van der Waals surface area contributed by atoms with Gasteiger partial charge in [0.15, 0.2) is 5.82 Å². The van der Waals surface area contributed by atoms with Crippen LogP contribution in [0.15, 0.2) is 10.6 Å². The molecule has 0 atom stereocenters. The molecule has 2 aliphatic rings. The van der Waals surface area contributed by atoms with Crippen LogP contribution in [0.5, 0.6) is 0 Å². The van der Waals surface area contributed by atoms with Crippen LogP contribution in [0.1, 0.15) is 61.9 Å². The van der Waals surface area contributed by atoms with Gasteiger partial charge in [-0.25, -0.2) is 4.98 Å². The van der Waals surface area contributed by atoms with Crippen molar-refractivity contribution in [3.63, 3.8) is 0 Å². The highest BCUT2D eigenvalue weighted by atomic mass is 16.5. The second kappa shape index (κ2) is 8.21. The SMILES string of the molecule is Cc1cc(N2CCC(NCCc3noc(C4CCCC4)n3)CC2)nc(N)n1. The minimum Gasteiger partial charge on any atom is -0.368 e. The highest BCUT2D eigenvalue weighted by Crippen LogP contribution is 2.32. The zero-order valence-corrected chi connectivity index (χ0v) is 16.0. The maximum Gasteiger partial charge on any atom is 0.229 e. The zero-order chi connectivity index (χ0) is 18.6. The summed E-state index contributed by atoms with van der Waals surface area (Å²) < 4.78 is 5.46. The van der Waals surface area contributed by atoms with E-state index < -0.39 is 0 Å². The summed E-state index contributed by atoms with van der Waals surface area (Å²) in [5.41, 5.74) is 6.69. The second-order valence-electron chi connectivity index (χ2n) is 7.72. The lowest BCUT2D eigenvalue weighted by Crippen LogP contribution is -2.43. The third-order valence-corrected chi connectivity index (χ3v) is 5.65. The molecule has 4 rings (SSSR count). The van der Waals surface area contributed by atoms with Crippen LogP contribution in [0, 0.1) is 6.92 Å². The molecule has 1 saturated carbocycles. The molecule has 0 aromatic carbocycles. The Morgan fingerprint density at radius 1 is 1.15 bits per heavy atom. The lowest BCUT2D eigenvalue weighted by Gasteiger charge is -2.33. The number of hydrogen-bond acceptors (Lipinski definition) is 8. The van der Waals surface area contributed by atoms with Crippen LogP contribution in [0.3, 0.4) is 0 Å². The number of nitrogens with zero attached hydrogens (tertiary/aromatic N) is 5. The third-order valence-electron chi connectivity index (χ3n) is 5.65. The van der Waals surface area contributed by atoms with Crippen LogP contribution < -0.4 is 16.0 Å². The topological polar surface area (TPSA) is 106 Å². The fourth-order valence-electron chi connectivity index (χ4n) is 4.14. The number of nitrogens with one attached hydrogen (secondary N) is 1. The van der Waals surface area contributed by atoms with Crippen molar-refractivity contribution >= 4 is 11.8 Å². The van der Waals surface area contributed by atoms with Gasteiger partial charge in [-0.15, -0.1) is 0 Å². The van der Waals surface area contributed by atoms with Crippen molar-refractivity contribution in [2.75, 3.05) is 30.3 Å². The molecule has 0 unspecified atom stereocenters. The minimum atomic E-state index is 0.349. The highest BCUT2D eigenvalue weighted by Gasteiger charge is 2.23. The fourth-order valence-corrected chi connectivity index (χ4v) is 4.14. The Labute approximate surface area is 159 Å². The smallest absolute Gasteiger partial charge is 0.229 e. The van der Waals surface area contributed by atoms with Crippen molar-refractivity contribution in [1.29, 1.82) is 0 Å². The fraction of sp³-hybridized carbons (Fsp3) is 0.684. The number of nitrogens with two attached hydrogens (primary N) is 1. The summed E-state index contributed by atoms with van der Waals surface area (Å²) in [7, 11) is 0. The predicted octanol–water partition coefficient (Wildman–Crippen LogP) is 2.21. The lowest BCUT2D eigenvalue weighted by molar-refractivity contribution is 0.349. The average molecular weight is 371 g/mol. The summed E-state index contributed by atoms with van der Waals surface area (Å²) >= 11 is 0. The monoisotopic (exact) mass is 371 g/mol. The quantitative estimate of drug-likeness (QED) is 0.796. The number of piperidine rings is 1. The first-order valence-corrected chi connectivity index (χ1v) is 10.1. The molecule has 2 aromatic rings. The molecular weight excluding hydrogens is 342 g/mol. The first-order valence-electron chi connectivity index (χ1n) is 10.1. The van der Waals surface area contributed by atoms with Gasteiger partial charge in [-0.3, -0.25) is 0 Å². The average Bonchev–Trinajstić information content (AvgIpc) is 3.33. The van der Waals surface area contributed by atoms with E-state index in [9.17, 15) is 0 Å². The number of rotatable bonds is 6. The summed E-state index contributed by atoms with van der Waals surface area (Å²) in [6.45, 7) is 4.78. The summed E-state index contributed by atoms with van der Waals surface area (Å²) in [6.07, 6.45) is 7.93. The molecular formula is C19H29N7O. The van der Waals surface area contributed by atoms with Crippen molar-refractivity contribution in [3.05, 3.63) is 23.5 Å². The largest absolute Gasteiger partial charge is 0.368 e. The van der Waals surface area contributed by atoms with Crippen LogP contribution in [0.25, 0.3) is 0 Å². The molecule has 0 radical (unpaired) electrons. The molecule has 8 nitrogen and oxygen atoms in total. The van der Waals surface area contributed by atoms with Gasteiger partial charge in [-0.1, -0.05) is 18.0 Å². The van der Waals surface area contributed by atoms with E-state index >= 15 is 0 Å². The number of aromatic nitrogens is 4. The Hall–Kier alpha value is -2.22. The van der Waals surface area contributed by atoms with Crippen molar-refractivity contribution in [3.8, 4) is 0 Å². The number of anilines is 2. The van der Waals surface area contributed by atoms with Gasteiger partial charge in [-0.2, -0.15) is 9.97 Å². The van der Waals surface area contributed by atoms with Crippen LogP contribution in [-0.4, -0.2) is 45.8 Å². The third kappa shape index (κ3) is 4.55. The van der Waals surface area contributed by atoms with E-state index in [1.54, 1.807) is 0 Å². The summed E-state index contributed by atoms with van der Waals surface area (Å²) in [5, 5.41) is 7.79. The Kier molecular flexibility index (Phi) is 5.52. The highest BCUT2D eigenvalue weighted by molar-refractivity contribution is 5.43. The maximum absolute atomic E-state index is 5.78. The summed E-state index contributed by atoms with van der Waals surface area (Å²) in [4.78, 5) is 15.4. The van der Waals surface area contributed by atoms with Gasteiger partial charge in [0.2, 0.25) is 11.8 Å². The molecule has 3 N–H and O–H groups in total. The van der Waals surface area contributed by atoms with E-state index in [0.717, 1.165) is 62.1 Å². The molecule has 1 saturated heterocycles. The standard InChI is InChI=1S/C19H29N7O/c1-13-12-17(24-19(20)22-13)26-10-7-15(8-11-26)21-9-6-16-23-18(27-25-16)14-4-2-3-5-14/h12,14-15,21H,2-11H2,1H3,(H2,20,22,24). The Bertz CT molecular complexity index is 728. The van der Waals surface area contributed by atoms with E-state index in [4.69, 9.17) is 10.3 Å². The molecule has 1 aliphatic carbocycles. The van der Waals surface area contributed by atoms with Gasteiger partial charge in [0, 0.05) is 49.8 Å². The molecule has 0 spiro atoms. The van der Waals surface area contributed by atoms with Crippen LogP contribution in [0.2, 0.25) is 0 Å². The van der Waals surface area contributed by atoms with Crippen molar-refractivity contribution < 1.29 is 4.52 Å². The second-order valence-corrected chi connectivity index (χ2v) is 7.72. The van der Waals surface area contributed by atoms with Crippen LogP contribution >= 0.6 is 0 Å². The summed E-state index contributed by atoms with van der Waals surface area (Å²) in [5.74, 6) is 3.44. The maximum atomic E-state index is 5.78. The molecule has 146 valence electrons. The van der Waals surface area contributed by atoms with E-state index in [0.29, 0.717) is 17.9 Å². The minimum absolute atomic E-state index is 0.349. The molecule has 0 amide bonds. The molecule has 8 heteroatoms. The van der Waals surface area contributed by atoms with Crippen molar-refractivity contribution in [2.45, 2.75) is 63.8 Å². The Morgan fingerprint density at radius 2 is 1.93 bits per heavy atom. The van der Waals surface area contributed by atoms with E-state index in [1.165, 1.54) is 25.7 Å². The molecule has 27 heavy (non-hydrogen) atoms. The Morgan fingerprint density at radius 3 is 2.67 bits per heavy atom. The zero-order valence-electron chi connectivity index (χ0n) is 16.0.